The molecule has 0 spiro atoms. The fourth-order valence-corrected chi connectivity index (χ4v) is 1.53. The van der Waals surface area contributed by atoms with Crippen molar-refractivity contribution in [2.75, 3.05) is 6.61 Å². The smallest absolute Gasteiger partial charge is 0.339 e. The van der Waals surface area contributed by atoms with Crippen molar-refractivity contribution in [1.29, 1.82) is 0 Å². The minimum absolute atomic E-state index is 0.278. The molecular formula is C12H16O3. The second-order valence-electron chi connectivity index (χ2n) is 3.58. The Morgan fingerprint density at radius 1 is 1.33 bits per heavy atom. The molecule has 1 aromatic carbocycles. The van der Waals surface area contributed by atoms with E-state index in [0.717, 1.165) is 11.1 Å². The first-order chi connectivity index (χ1) is 7.04. The van der Waals surface area contributed by atoms with Gasteiger partial charge in [0.05, 0.1) is 6.61 Å². The van der Waals surface area contributed by atoms with E-state index in [9.17, 15) is 9.90 Å². The van der Waals surface area contributed by atoms with E-state index in [1.54, 1.807) is 19.1 Å². The number of rotatable bonds is 3. The van der Waals surface area contributed by atoms with Crippen molar-refractivity contribution < 1.29 is 14.6 Å². The number of aliphatic hydroxyl groups excluding tert-OH is 1. The van der Waals surface area contributed by atoms with Gasteiger partial charge in [0, 0.05) is 0 Å². The third-order valence-electron chi connectivity index (χ3n) is 2.07. The lowest BCUT2D eigenvalue weighted by atomic mass is 10.0. The number of carbonyl (C=O) groups is 1. The first-order valence-electron chi connectivity index (χ1n) is 4.97. The number of carbonyl (C=O) groups excluding carboxylic acids is 1. The maximum absolute atomic E-state index is 11.3. The zero-order valence-electron chi connectivity index (χ0n) is 9.28. The van der Waals surface area contributed by atoms with Crippen molar-refractivity contribution in [2.45, 2.75) is 26.9 Å². The van der Waals surface area contributed by atoms with Crippen LogP contribution in [0.5, 0.6) is 0 Å². The third kappa shape index (κ3) is 3.06. The van der Waals surface area contributed by atoms with Crippen molar-refractivity contribution in [3.63, 3.8) is 0 Å². The molecule has 0 aliphatic rings. The largest absolute Gasteiger partial charge is 0.464 e. The molecule has 1 aromatic rings. The van der Waals surface area contributed by atoms with Gasteiger partial charge < -0.3 is 9.84 Å². The maximum Gasteiger partial charge on any atom is 0.339 e. The molecule has 0 aliphatic heterocycles. The highest BCUT2D eigenvalue weighted by Crippen LogP contribution is 2.18. The molecule has 0 amide bonds. The van der Waals surface area contributed by atoms with Gasteiger partial charge in [-0.15, -0.1) is 0 Å². The Labute approximate surface area is 89.7 Å². The number of esters is 1. The fraction of sp³-hybridized carbons (Fsp3) is 0.417. The summed E-state index contributed by atoms with van der Waals surface area (Å²) in [7, 11) is 0. The van der Waals surface area contributed by atoms with E-state index in [2.05, 4.69) is 0 Å². The normalized spacial score (nSPS) is 12.3. The SMILES string of the molecule is CCOC(=O)[C@H](O)c1cc(C)cc(C)c1. The van der Waals surface area contributed by atoms with Gasteiger partial charge in [-0.25, -0.2) is 4.79 Å². The zero-order valence-corrected chi connectivity index (χ0v) is 9.28. The summed E-state index contributed by atoms with van der Waals surface area (Å²) >= 11 is 0. The Bertz CT molecular complexity index is 338. The van der Waals surface area contributed by atoms with Gasteiger partial charge in [-0.3, -0.25) is 0 Å². The molecular weight excluding hydrogens is 192 g/mol. The minimum atomic E-state index is -1.18. The molecule has 0 radical (unpaired) electrons. The second kappa shape index (κ2) is 4.94. The monoisotopic (exact) mass is 208 g/mol. The quantitative estimate of drug-likeness (QED) is 0.772. The van der Waals surface area contributed by atoms with Crippen LogP contribution in [0.2, 0.25) is 0 Å². The Kier molecular flexibility index (Phi) is 3.86. The number of aliphatic hydroxyl groups is 1. The molecule has 15 heavy (non-hydrogen) atoms. The number of ether oxygens (including phenoxy) is 1. The van der Waals surface area contributed by atoms with E-state index >= 15 is 0 Å². The average molecular weight is 208 g/mol. The first kappa shape index (κ1) is 11.7. The Hall–Kier alpha value is -1.35. The highest BCUT2D eigenvalue weighted by Gasteiger charge is 2.18. The van der Waals surface area contributed by atoms with Crippen LogP contribution >= 0.6 is 0 Å². The first-order valence-corrected chi connectivity index (χ1v) is 4.97. The third-order valence-corrected chi connectivity index (χ3v) is 2.07. The van der Waals surface area contributed by atoms with Crippen molar-refractivity contribution >= 4 is 5.97 Å². The van der Waals surface area contributed by atoms with Gasteiger partial charge in [-0.1, -0.05) is 29.3 Å². The Morgan fingerprint density at radius 2 is 1.87 bits per heavy atom. The molecule has 0 saturated carbocycles. The molecule has 0 bridgehead atoms. The predicted octanol–water partition coefficient (Wildman–Crippen LogP) is 1.90. The Morgan fingerprint density at radius 3 is 2.33 bits per heavy atom. The molecule has 0 saturated heterocycles. The predicted molar refractivity (Wildman–Crippen MR) is 57.5 cm³/mol. The van der Waals surface area contributed by atoms with Crippen molar-refractivity contribution in [3.8, 4) is 0 Å². The van der Waals surface area contributed by atoms with Crippen LogP contribution in [0.15, 0.2) is 18.2 Å². The molecule has 0 unspecified atom stereocenters. The van der Waals surface area contributed by atoms with Crippen LogP contribution in [0.25, 0.3) is 0 Å². The van der Waals surface area contributed by atoms with Crippen molar-refractivity contribution in [3.05, 3.63) is 34.9 Å². The molecule has 82 valence electrons. The van der Waals surface area contributed by atoms with Gasteiger partial charge in [-0.2, -0.15) is 0 Å². The standard InChI is InChI=1S/C12H16O3/c1-4-15-12(14)11(13)10-6-8(2)5-9(3)7-10/h5-7,11,13H,4H2,1-3H3/t11-/m1/s1. The van der Waals surface area contributed by atoms with Crippen LogP contribution in [0.1, 0.15) is 29.7 Å². The summed E-state index contributed by atoms with van der Waals surface area (Å²) in [6.07, 6.45) is -1.18. The van der Waals surface area contributed by atoms with Crippen LogP contribution < -0.4 is 0 Å². The van der Waals surface area contributed by atoms with Gasteiger partial charge in [0.25, 0.3) is 0 Å². The molecule has 3 heteroatoms. The lowest BCUT2D eigenvalue weighted by molar-refractivity contribution is -0.153. The molecule has 1 rings (SSSR count). The highest BCUT2D eigenvalue weighted by molar-refractivity contribution is 5.76. The maximum atomic E-state index is 11.3. The van der Waals surface area contributed by atoms with Crippen LogP contribution in [0.3, 0.4) is 0 Å². The summed E-state index contributed by atoms with van der Waals surface area (Å²) < 4.78 is 4.75. The second-order valence-corrected chi connectivity index (χ2v) is 3.58. The lowest BCUT2D eigenvalue weighted by Gasteiger charge is -2.11. The van der Waals surface area contributed by atoms with E-state index in [1.807, 2.05) is 19.9 Å². The van der Waals surface area contributed by atoms with Gasteiger partial charge >= 0.3 is 5.97 Å². The summed E-state index contributed by atoms with van der Waals surface area (Å²) in [5.41, 5.74) is 2.63. The van der Waals surface area contributed by atoms with Gasteiger partial charge in [-0.05, 0) is 26.3 Å². The van der Waals surface area contributed by atoms with E-state index in [1.165, 1.54) is 0 Å². The zero-order chi connectivity index (χ0) is 11.4. The van der Waals surface area contributed by atoms with Gasteiger partial charge in [0.1, 0.15) is 0 Å². The summed E-state index contributed by atoms with van der Waals surface area (Å²) in [5.74, 6) is -0.595. The molecule has 0 fully saturated rings. The van der Waals surface area contributed by atoms with Crippen molar-refractivity contribution in [2.24, 2.45) is 0 Å². The van der Waals surface area contributed by atoms with E-state index in [0.29, 0.717) is 5.56 Å². The molecule has 0 aromatic heterocycles. The molecule has 3 nitrogen and oxygen atoms in total. The fourth-order valence-electron chi connectivity index (χ4n) is 1.53. The number of hydrogen-bond donors (Lipinski definition) is 1. The summed E-state index contributed by atoms with van der Waals surface area (Å²) in [5, 5.41) is 9.69. The molecule has 0 aliphatic carbocycles. The van der Waals surface area contributed by atoms with E-state index in [-0.39, 0.29) is 6.61 Å². The molecule has 1 N–H and O–H groups in total. The van der Waals surface area contributed by atoms with E-state index < -0.39 is 12.1 Å². The number of hydrogen-bond acceptors (Lipinski definition) is 3. The molecule has 1 atom stereocenters. The van der Waals surface area contributed by atoms with Gasteiger partial charge in [0.15, 0.2) is 6.10 Å². The summed E-state index contributed by atoms with van der Waals surface area (Å²) in [6.45, 7) is 5.84. The van der Waals surface area contributed by atoms with Crippen molar-refractivity contribution in [1.82, 2.24) is 0 Å². The number of benzene rings is 1. The van der Waals surface area contributed by atoms with E-state index in [4.69, 9.17) is 4.74 Å². The minimum Gasteiger partial charge on any atom is -0.464 e. The Balaban J connectivity index is 2.90. The topological polar surface area (TPSA) is 46.5 Å². The van der Waals surface area contributed by atoms with Crippen LogP contribution in [-0.4, -0.2) is 17.7 Å². The molecule has 0 heterocycles. The van der Waals surface area contributed by atoms with Gasteiger partial charge in [0.2, 0.25) is 0 Å². The summed E-state index contributed by atoms with van der Waals surface area (Å²) in [6, 6.07) is 5.56. The van der Waals surface area contributed by atoms with Crippen LogP contribution in [-0.2, 0) is 9.53 Å². The lowest BCUT2D eigenvalue weighted by Crippen LogP contribution is -2.15. The summed E-state index contributed by atoms with van der Waals surface area (Å²) in [4.78, 5) is 11.3. The highest BCUT2D eigenvalue weighted by atomic mass is 16.5. The average Bonchev–Trinajstić information content (AvgIpc) is 2.15. The van der Waals surface area contributed by atoms with Crippen LogP contribution in [0, 0.1) is 13.8 Å². The van der Waals surface area contributed by atoms with Crippen LogP contribution in [0.4, 0.5) is 0 Å². The number of aryl methyl sites for hydroxylation is 2.